The van der Waals surface area contributed by atoms with E-state index in [1.54, 1.807) is 11.0 Å². The molecular formula is C13H18BrClF2N2O2. The number of benzene rings is 1. The highest BCUT2D eigenvalue weighted by molar-refractivity contribution is 9.10. The van der Waals surface area contributed by atoms with Gasteiger partial charge in [0.25, 0.3) is 5.92 Å². The first-order chi connectivity index (χ1) is 9.45. The minimum absolute atomic E-state index is 0. The zero-order valence-corrected chi connectivity index (χ0v) is 13.6. The highest BCUT2D eigenvalue weighted by Gasteiger charge is 2.45. The predicted molar refractivity (Wildman–Crippen MR) is 82.3 cm³/mol. The van der Waals surface area contributed by atoms with E-state index >= 15 is 0 Å². The van der Waals surface area contributed by atoms with Crippen molar-refractivity contribution in [2.45, 2.75) is 12.0 Å². The SMILES string of the molecule is Cl.OCC(F)(F)[C@H](c1cc(Br)ccc1O)N1CCNCC1. The Morgan fingerprint density at radius 1 is 1.33 bits per heavy atom. The van der Waals surface area contributed by atoms with E-state index < -0.39 is 18.6 Å². The second-order valence-corrected chi connectivity index (χ2v) is 5.73. The highest BCUT2D eigenvalue weighted by Crippen LogP contribution is 2.41. The van der Waals surface area contributed by atoms with Crippen molar-refractivity contribution >= 4 is 28.3 Å². The molecule has 0 saturated carbocycles. The van der Waals surface area contributed by atoms with Crippen molar-refractivity contribution in [1.82, 2.24) is 10.2 Å². The van der Waals surface area contributed by atoms with E-state index in [2.05, 4.69) is 21.2 Å². The topological polar surface area (TPSA) is 55.7 Å². The molecule has 0 aliphatic carbocycles. The molecule has 0 spiro atoms. The maximum atomic E-state index is 14.2. The molecule has 4 nitrogen and oxygen atoms in total. The number of nitrogens with one attached hydrogen (secondary N) is 1. The molecule has 2 rings (SSSR count). The number of nitrogens with zero attached hydrogens (tertiary/aromatic N) is 1. The number of hydrogen-bond acceptors (Lipinski definition) is 4. The van der Waals surface area contributed by atoms with E-state index in [9.17, 15) is 13.9 Å². The van der Waals surface area contributed by atoms with E-state index in [1.165, 1.54) is 12.1 Å². The second-order valence-electron chi connectivity index (χ2n) is 4.81. The van der Waals surface area contributed by atoms with E-state index in [0.717, 1.165) is 0 Å². The van der Waals surface area contributed by atoms with Crippen LogP contribution in [0.2, 0.25) is 0 Å². The first-order valence-corrected chi connectivity index (χ1v) is 7.17. The summed E-state index contributed by atoms with van der Waals surface area (Å²) >= 11 is 3.23. The third-order valence-corrected chi connectivity index (χ3v) is 3.91. The molecule has 1 aromatic rings. The summed E-state index contributed by atoms with van der Waals surface area (Å²) in [5.41, 5.74) is 0.125. The zero-order chi connectivity index (χ0) is 14.8. The van der Waals surface area contributed by atoms with Crippen LogP contribution >= 0.6 is 28.3 Å². The third kappa shape index (κ3) is 4.26. The van der Waals surface area contributed by atoms with Gasteiger partial charge in [0.2, 0.25) is 0 Å². The number of aliphatic hydroxyl groups excluding tert-OH is 1. The van der Waals surface area contributed by atoms with Crippen LogP contribution in [0, 0.1) is 0 Å². The molecule has 1 aromatic carbocycles. The summed E-state index contributed by atoms with van der Waals surface area (Å²) in [4.78, 5) is 1.59. The molecule has 1 atom stereocenters. The fourth-order valence-corrected chi connectivity index (χ4v) is 2.84. The van der Waals surface area contributed by atoms with Crippen molar-refractivity contribution < 1.29 is 19.0 Å². The molecule has 1 aliphatic heterocycles. The molecule has 1 heterocycles. The average molecular weight is 388 g/mol. The number of hydrogen-bond donors (Lipinski definition) is 3. The molecule has 21 heavy (non-hydrogen) atoms. The van der Waals surface area contributed by atoms with Gasteiger partial charge in [-0.3, -0.25) is 4.90 Å². The number of phenolic OH excluding ortho intramolecular Hbond substituents is 1. The van der Waals surface area contributed by atoms with Crippen molar-refractivity contribution in [1.29, 1.82) is 0 Å². The molecule has 3 N–H and O–H groups in total. The van der Waals surface area contributed by atoms with Crippen LogP contribution in [0.15, 0.2) is 22.7 Å². The Morgan fingerprint density at radius 3 is 2.52 bits per heavy atom. The van der Waals surface area contributed by atoms with E-state index in [-0.39, 0.29) is 23.7 Å². The molecule has 120 valence electrons. The quantitative estimate of drug-likeness (QED) is 0.741. The van der Waals surface area contributed by atoms with Crippen molar-refractivity contribution in [2.75, 3.05) is 32.8 Å². The van der Waals surface area contributed by atoms with Gasteiger partial charge in [0, 0.05) is 36.2 Å². The minimum Gasteiger partial charge on any atom is -0.508 e. The first-order valence-electron chi connectivity index (χ1n) is 6.37. The van der Waals surface area contributed by atoms with Crippen LogP contribution < -0.4 is 5.32 Å². The number of rotatable bonds is 4. The number of piperazine rings is 1. The van der Waals surface area contributed by atoms with Crippen molar-refractivity contribution in [3.63, 3.8) is 0 Å². The van der Waals surface area contributed by atoms with Crippen LogP contribution in [0.4, 0.5) is 8.78 Å². The van der Waals surface area contributed by atoms with Crippen molar-refractivity contribution in [2.24, 2.45) is 0 Å². The monoisotopic (exact) mass is 386 g/mol. The van der Waals surface area contributed by atoms with E-state index in [4.69, 9.17) is 5.11 Å². The molecule has 0 aromatic heterocycles. The Kier molecular flexibility index (Phi) is 6.80. The van der Waals surface area contributed by atoms with Crippen LogP contribution in [-0.4, -0.2) is 53.8 Å². The lowest BCUT2D eigenvalue weighted by molar-refractivity contribution is -0.119. The maximum Gasteiger partial charge on any atom is 0.290 e. The lowest BCUT2D eigenvalue weighted by Crippen LogP contribution is -2.51. The molecular weight excluding hydrogens is 370 g/mol. The van der Waals surface area contributed by atoms with E-state index in [0.29, 0.717) is 30.7 Å². The molecule has 0 radical (unpaired) electrons. The summed E-state index contributed by atoms with van der Waals surface area (Å²) < 4.78 is 28.9. The normalized spacial score (nSPS) is 18.1. The van der Waals surface area contributed by atoms with Gasteiger partial charge in [0.1, 0.15) is 18.4 Å². The number of aromatic hydroxyl groups is 1. The largest absolute Gasteiger partial charge is 0.508 e. The second kappa shape index (κ2) is 7.69. The molecule has 1 fully saturated rings. The highest BCUT2D eigenvalue weighted by atomic mass is 79.9. The summed E-state index contributed by atoms with van der Waals surface area (Å²) in [5.74, 6) is -3.51. The van der Waals surface area contributed by atoms with Gasteiger partial charge in [-0.15, -0.1) is 12.4 Å². The van der Waals surface area contributed by atoms with Gasteiger partial charge in [-0.1, -0.05) is 15.9 Å². The van der Waals surface area contributed by atoms with Crippen LogP contribution in [0.5, 0.6) is 5.75 Å². The first kappa shape index (κ1) is 18.6. The zero-order valence-electron chi connectivity index (χ0n) is 11.2. The number of alkyl halides is 2. The van der Waals surface area contributed by atoms with Gasteiger partial charge in [-0.05, 0) is 18.2 Å². The average Bonchev–Trinajstić information content (AvgIpc) is 2.44. The fourth-order valence-electron chi connectivity index (χ4n) is 2.46. The molecule has 0 unspecified atom stereocenters. The summed E-state index contributed by atoms with van der Waals surface area (Å²) in [7, 11) is 0. The van der Waals surface area contributed by atoms with Gasteiger partial charge < -0.3 is 15.5 Å². The molecule has 1 aliphatic rings. The van der Waals surface area contributed by atoms with Gasteiger partial charge in [0.05, 0.1) is 0 Å². The number of halogens is 4. The van der Waals surface area contributed by atoms with Crippen LogP contribution in [0.3, 0.4) is 0 Å². The Bertz CT molecular complexity index is 473. The molecule has 1 saturated heterocycles. The number of phenols is 1. The smallest absolute Gasteiger partial charge is 0.290 e. The molecule has 8 heteroatoms. The van der Waals surface area contributed by atoms with E-state index in [1.807, 2.05) is 0 Å². The standard InChI is InChI=1S/C13H17BrF2N2O2.ClH/c14-9-1-2-11(20)10(7-9)12(13(15,16)8-19)18-5-3-17-4-6-18;/h1-2,7,12,17,19-20H,3-6,8H2;1H/t12-;/m0./s1. The summed E-state index contributed by atoms with van der Waals surface area (Å²) in [6.07, 6.45) is 0. The fraction of sp³-hybridized carbons (Fsp3) is 0.538. The Labute approximate surface area is 136 Å². The Balaban J connectivity index is 0.00000220. The van der Waals surface area contributed by atoms with Gasteiger partial charge in [-0.2, -0.15) is 0 Å². The minimum atomic E-state index is -3.32. The summed E-state index contributed by atoms with van der Waals surface area (Å²) in [5, 5.41) is 22.0. The summed E-state index contributed by atoms with van der Waals surface area (Å²) in [6.45, 7) is 0.825. The molecule has 0 bridgehead atoms. The lowest BCUT2D eigenvalue weighted by atomic mass is 9.97. The Morgan fingerprint density at radius 2 is 1.95 bits per heavy atom. The predicted octanol–water partition coefficient (Wildman–Crippen LogP) is 2.15. The van der Waals surface area contributed by atoms with Gasteiger partial charge in [-0.25, -0.2) is 8.78 Å². The van der Waals surface area contributed by atoms with Crippen molar-refractivity contribution in [3.05, 3.63) is 28.2 Å². The van der Waals surface area contributed by atoms with Crippen LogP contribution in [0.1, 0.15) is 11.6 Å². The van der Waals surface area contributed by atoms with Crippen LogP contribution in [-0.2, 0) is 0 Å². The maximum absolute atomic E-state index is 14.2. The van der Waals surface area contributed by atoms with Crippen molar-refractivity contribution in [3.8, 4) is 5.75 Å². The van der Waals surface area contributed by atoms with Gasteiger partial charge in [0.15, 0.2) is 0 Å². The van der Waals surface area contributed by atoms with Gasteiger partial charge >= 0.3 is 0 Å². The molecule has 0 amide bonds. The third-order valence-electron chi connectivity index (χ3n) is 3.41. The Hall–Kier alpha value is -0.470. The summed E-state index contributed by atoms with van der Waals surface area (Å²) in [6, 6.07) is 3.10. The van der Waals surface area contributed by atoms with Crippen LogP contribution in [0.25, 0.3) is 0 Å². The lowest BCUT2D eigenvalue weighted by Gasteiger charge is -2.39. The number of aliphatic hydroxyl groups is 1.